The summed E-state index contributed by atoms with van der Waals surface area (Å²) < 4.78 is 42.0. The lowest BCUT2D eigenvalue weighted by atomic mass is 9.84. The molecule has 0 radical (unpaired) electrons. The van der Waals surface area contributed by atoms with E-state index in [4.69, 9.17) is 28.3 Å². The first-order valence-corrected chi connectivity index (χ1v) is 15.9. The zero-order valence-electron chi connectivity index (χ0n) is 22.3. The zero-order chi connectivity index (χ0) is 28.6. The Morgan fingerprint density at radius 1 is 1.10 bits per heavy atom. The van der Waals surface area contributed by atoms with Crippen molar-refractivity contribution >= 4 is 50.8 Å². The molecule has 2 aliphatic rings. The van der Waals surface area contributed by atoms with Crippen molar-refractivity contribution < 1.29 is 17.6 Å². The Bertz CT molecular complexity index is 1560. The quantitative estimate of drug-likeness (QED) is 0.356. The van der Waals surface area contributed by atoms with Gasteiger partial charge in [0.05, 0.1) is 22.7 Å². The van der Waals surface area contributed by atoms with E-state index < -0.39 is 10.0 Å². The number of amides is 1. The number of hydrogen-bond donors (Lipinski definition) is 1. The van der Waals surface area contributed by atoms with Crippen LogP contribution in [0.15, 0.2) is 42.5 Å². The van der Waals surface area contributed by atoms with Gasteiger partial charge >= 0.3 is 0 Å². The summed E-state index contributed by atoms with van der Waals surface area (Å²) in [6.45, 7) is 2.02. The molecular weight excluding hydrogens is 574 g/mol. The fourth-order valence-corrected chi connectivity index (χ4v) is 6.80. The second kappa shape index (κ2) is 11.6. The third kappa shape index (κ3) is 6.12. The fraction of sp³-hybridized carbons (Fsp3) is 0.379. The number of hydrogen-bond acceptors (Lipinski definition) is 4. The van der Waals surface area contributed by atoms with Crippen molar-refractivity contribution in [2.45, 2.75) is 51.6 Å². The average molecular weight is 606 g/mol. The number of benzene rings is 2. The molecule has 1 aliphatic carbocycles. The minimum absolute atomic E-state index is 0.0271. The van der Waals surface area contributed by atoms with Crippen molar-refractivity contribution in [2.75, 3.05) is 12.8 Å². The molecule has 0 saturated heterocycles. The summed E-state index contributed by atoms with van der Waals surface area (Å²) in [6, 6.07) is 10.8. The lowest BCUT2D eigenvalue weighted by molar-refractivity contribution is 0.0912. The third-order valence-electron chi connectivity index (χ3n) is 7.72. The number of carbonyl (C=O) groups excluding carboxylic acids is 1. The average Bonchev–Trinajstić information content (AvgIpc) is 3.30. The van der Waals surface area contributed by atoms with Gasteiger partial charge in [0.15, 0.2) is 5.69 Å². The molecule has 7 nitrogen and oxygen atoms in total. The maximum absolute atomic E-state index is 13.7. The molecule has 2 heterocycles. The number of aromatic nitrogens is 2. The maximum Gasteiger partial charge on any atom is 0.272 e. The van der Waals surface area contributed by atoms with Crippen LogP contribution in [-0.4, -0.2) is 47.3 Å². The van der Waals surface area contributed by atoms with E-state index in [0.717, 1.165) is 31.9 Å². The summed E-state index contributed by atoms with van der Waals surface area (Å²) in [4.78, 5) is 13.7. The van der Waals surface area contributed by atoms with E-state index in [1.807, 2.05) is 6.92 Å². The van der Waals surface area contributed by atoms with Gasteiger partial charge in [0, 0.05) is 29.7 Å². The van der Waals surface area contributed by atoms with Gasteiger partial charge in [-0.25, -0.2) is 17.5 Å². The lowest BCUT2D eigenvalue weighted by Crippen LogP contribution is -2.40. The van der Waals surface area contributed by atoms with Crippen LogP contribution in [-0.2, 0) is 16.6 Å². The number of sulfonamides is 1. The normalized spacial score (nSPS) is 18.5. The molecule has 0 spiro atoms. The standard InChI is InChI=1S/C29H31Cl2FN4O3S/c1-18(20-6-4-3-5-7-20)33-29(37)27-24-17-35(40(2,38)39)16-21(14-19-8-11-23(32)12-9-19)28(24)36(34-27)26-13-10-22(30)15-25(26)31/h8-15,18,20H,3-7,16-17H2,1-2H3,(H,33,37)/b21-14+. The number of halogens is 3. The minimum atomic E-state index is -3.63. The first-order valence-electron chi connectivity index (χ1n) is 13.3. The molecule has 1 saturated carbocycles. The molecule has 40 heavy (non-hydrogen) atoms. The van der Waals surface area contributed by atoms with Crippen LogP contribution in [0.1, 0.15) is 66.3 Å². The van der Waals surface area contributed by atoms with Crippen molar-refractivity contribution in [3.63, 3.8) is 0 Å². The monoisotopic (exact) mass is 604 g/mol. The molecular formula is C29H31Cl2FN4O3S. The molecule has 2 aromatic carbocycles. The first kappa shape index (κ1) is 28.8. The van der Waals surface area contributed by atoms with Gasteiger partial charge < -0.3 is 5.32 Å². The van der Waals surface area contributed by atoms with Gasteiger partial charge in [-0.15, -0.1) is 0 Å². The summed E-state index contributed by atoms with van der Waals surface area (Å²) in [5.74, 6) is -0.370. The first-order chi connectivity index (χ1) is 19.0. The van der Waals surface area contributed by atoms with Gasteiger partial charge in [0.2, 0.25) is 10.0 Å². The third-order valence-corrected chi connectivity index (χ3v) is 9.45. The van der Waals surface area contributed by atoms with Crippen LogP contribution in [0.3, 0.4) is 0 Å². The molecule has 1 atom stereocenters. The van der Waals surface area contributed by atoms with Gasteiger partial charge in [-0.1, -0.05) is 54.6 Å². The summed E-state index contributed by atoms with van der Waals surface area (Å²) >= 11 is 12.8. The Hall–Kier alpha value is -2.72. The SMILES string of the molecule is CC(NC(=O)c1nn(-c2ccc(Cl)cc2Cl)c2c1CN(S(C)(=O)=O)C/C2=C\c1ccc(F)cc1)C1CCCCC1. The molecule has 1 N–H and O–H groups in total. The van der Waals surface area contributed by atoms with Gasteiger partial charge in [-0.3, -0.25) is 4.79 Å². The van der Waals surface area contributed by atoms with Crippen LogP contribution < -0.4 is 5.32 Å². The van der Waals surface area contributed by atoms with Gasteiger partial charge in [-0.2, -0.15) is 9.40 Å². The highest BCUT2D eigenvalue weighted by molar-refractivity contribution is 7.88. The highest BCUT2D eigenvalue weighted by Crippen LogP contribution is 2.37. The second-order valence-electron chi connectivity index (χ2n) is 10.6. The van der Waals surface area contributed by atoms with Crippen molar-refractivity contribution in [3.8, 4) is 5.69 Å². The summed E-state index contributed by atoms with van der Waals surface area (Å²) in [6.07, 6.45) is 8.53. The predicted octanol–water partition coefficient (Wildman–Crippen LogP) is 6.33. The van der Waals surface area contributed by atoms with Crippen molar-refractivity contribution in [1.29, 1.82) is 0 Å². The van der Waals surface area contributed by atoms with Gasteiger partial charge in [0.25, 0.3) is 5.91 Å². The van der Waals surface area contributed by atoms with Crippen LogP contribution in [0, 0.1) is 11.7 Å². The molecule has 1 fully saturated rings. The van der Waals surface area contributed by atoms with Crippen molar-refractivity contribution in [2.24, 2.45) is 5.92 Å². The largest absolute Gasteiger partial charge is 0.348 e. The van der Waals surface area contributed by atoms with Crippen molar-refractivity contribution in [1.82, 2.24) is 19.4 Å². The van der Waals surface area contributed by atoms with E-state index in [9.17, 15) is 17.6 Å². The molecule has 0 bridgehead atoms. The Balaban J connectivity index is 1.66. The summed E-state index contributed by atoms with van der Waals surface area (Å²) in [5, 5.41) is 8.63. The van der Waals surface area contributed by atoms with E-state index in [0.29, 0.717) is 44.0 Å². The molecule has 1 aromatic heterocycles. The predicted molar refractivity (Wildman–Crippen MR) is 157 cm³/mol. The zero-order valence-corrected chi connectivity index (χ0v) is 24.7. The van der Waals surface area contributed by atoms with Gasteiger partial charge in [-0.05, 0) is 73.2 Å². The van der Waals surface area contributed by atoms with E-state index in [1.165, 1.54) is 22.9 Å². The van der Waals surface area contributed by atoms with Crippen LogP contribution in [0.25, 0.3) is 17.3 Å². The minimum Gasteiger partial charge on any atom is -0.348 e. The number of carbonyl (C=O) groups is 1. The molecule has 1 aliphatic heterocycles. The molecule has 11 heteroatoms. The Labute approximate surface area is 244 Å². The summed E-state index contributed by atoms with van der Waals surface area (Å²) in [7, 11) is -3.63. The smallest absolute Gasteiger partial charge is 0.272 e. The number of nitrogens with one attached hydrogen (secondary N) is 1. The van der Waals surface area contributed by atoms with E-state index >= 15 is 0 Å². The lowest BCUT2D eigenvalue weighted by Gasteiger charge is -2.29. The van der Waals surface area contributed by atoms with E-state index in [2.05, 4.69) is 5.32 Å². The second-order valence-corrected chi connectivity index (χ2v) is 13.4. The molecule has 1 amide bonds. The van der Waals surface area contributed by atoms with Crippen LogP contribution in [0.2, 0.25) is 10.0 Å². The maximum atomic E-state index is 13.7. The molecule has 212 valence electrons. The van der Waals surface area contributed by atoms with Crippen LogP contribution >= 0.6 is 23.2 Å². The van der Waals surface area contributed by atoms with Gasteiger partial charge in [0.1, 0.15) is 5.82 Å². The van der Waals surface area contributed by atoms with Crippen LogP contribution in [0.4, 0.5) is 4.39 Å². The number of nitrogens with zero attached hydrogens (tertiary/aromatic N) is 3. The topological polar surface area (TPSA) is 84.3 Å². The van der Waals surface area contributed by atoms with Crippen molar-refractivity contribution in [3.05, 3.63) is 80.8 Å². The van der Waals surface area contributed by atoms with E-state index in [1.54, 1.807) is 41.1 Å². The number of fused-ring (bicyclic) bond motifs is 1. The molecule has 1 unspecified atom stereocenters. The Morgan fingerprint density at radius 3 is 2.45 bits per heavy atom. The van der Waals surface area contributed by atoms with Crippen LogP contribution in [0.5, 0.6) is 0 Å². The number of rotatable bonds is 6. The fourth-order valence-electron chi connectivity index (χ4n) is 5.57. The molecule has 3 aromatic rings. The summed E-state index contributed by atoms with van der Waals surface area (Å²) in [5.41, 5.74) is 2.95. The molecule has 5 rings (SSSR count). The highest BCUT2D eigenvalue weighted by Gasteiger charge is 2.36. The van der Waals surface area contributed by atoms with E-state index in [-0.39, 0.29) is 36.5 Å². The Kier molecular flexibility index (Phi) is 8.38. The highest BCUT2D eigenvalue weighted by atomic mass is 35.5. The Morgan fingerprint density at radius 2 is 1.80 bits per heavy atom.